The summed E-state index contributed by atoms with van der Waals surface area (Å²) in [4.78, 5) is 0. The van der Waals surface area contributed by atoms with Crippen LogP contribution in [0.15, 0.2) is 12.2 Å². The third-order valence-corrected chi connectivity index (χ3v) is 1.83. The third-order valence-electron chi connectivity index (χ3n) is 0.960. The Kier molecular flexibility index (Phi) is 2.38. The number of rotatable bonds is 1. The molecule has 3 nitrogen and oxygen atoms in total. The van der Waals surface area contributed by atoms with Crippen LogP contribution < -0.4 is 0 Å². The van der Waals surface area contributed by atoms with Gasteiger partial charge in [-0.25, -0.2) is 4.21 Å². The topological polar surface area (TPSA) is 35.5 Å². The zero-order valence-electron chi connectivity index (χ0n) is 5.07. The van der Waals surface area contributed by atoms with E-state index in [0.29, 0.717) is 5.75 Å². The van der Waals surface area contributed by atoms with E-state index in [1.807, 2.05) is 0 Å². The molecule has 1 rings (SSSR count). The van der Waals surface area contributed by atoms with Crippen molar-refractivity contribution in [1.82, 2.24) is 0 Å². The quantitative estimate of drug-likeness (QED) is 0.499. The molecule has 9 heavy (non-hydrogen) atoms. The summed E-state index contributed by atoms with van der Waals surface area (Å²) in [7, 11) is 1.51. The molecule has 0 aliphatic carbocycles. The highest BCUT2D eigenvalue weighted by molar-refractivity contribution is 7.80. The smallest absolute Gasteiger partial charge is 0.192 e. The van der Waals surface area contributed by atoms with E-state index < -0.39 is 17.4 Å². The standard InChI is InChI=1S/C5H8O3S/c1-7-5-3-2-4-9(6)8-5/h2-3,5H,4H2,1H3. The monoisotopic (exact) mass is 148 g/mol. The first-order valence-corrected chi connectivity index (χ1v) is 3.82. The summed E-state index contributed by atoms with van der Waals surface area (Å²) in [5, 5.41) is 0. The minimum atomic E-state index is -1.18. The van der Waals surface area contributed by atoms with Gasteiger partial charge in [0.05, 0.1) is 5.75 Å². The maximum Gasteiger partial charge on any atom is 0.192 e. The Hall–Kier alpha value is -0.190. The minimum absolute atomic E-state index is 0.417. The molecule has 0 amide bonds. The van der Waals surface area contributed by atoms with Crippen LogP contribution in [0.2, 0.25) is 0 Å². The first-order valence-electron chi connectivity index (χ1n) is 2.58. The van der Waals surface area contributed by atoms with Gasteiger partial charge in [-0.3, -0.25) is 4.18 Å². The fourth-order valence-corrected chi connectivity index (χ4v) is 1.24. The number of ether oxygens (including phenoxy) is 1. The van der Waals surface area contributed by atoms with E-state index in [2.05, 4.69) is 0 Å². The second-order valence-electron chi connectivity index (χ2n) is 1.60. The normalized spacial score (nSPS) is 34.8. The molecule has 0 N–H and O–H groups in total. The fraction of sp³-hybridized carbons (Fsp3) is 0.600. The molecule has 1 heterocycles. The van der Waals surface area contributed by atoms with Crippen LogP contribution in [-0.4, -0.2) is 23.4 Å². The van der Waals surface area contributed by atoms with Crippen LogP contribution in [0, 0.1) is 0 Å². The zero-order valence-corrected chi connectivity index (χ0v) is 5.89. The average molecular weight is 148 g/mol. The van der Waals surface area contributed by atoms with Gasteiger partial charge in [0.2, 0.25) is 0 Å². The van der Waals surface area contributed by atoms with E-state index in [1.165, 1.54) is 7.11 Å². The molecule has 4 heteroatoms. The Morgan fingerprint density at radius 3 is 3.11 bits per heavy atom. The summed E-state index contributed by atoms with van der Waals surface area (Å²) in [6, 6.07) is 0. The molecule has 2 atom stereocenters. The summed E-state index contributed by atoms with van der Waals surface area (Å²) in [6.07, 6.45) is 3.11. The summed E-state index contributed by atoms with van der Waals surface area (Å²) < 4.78 is 20.1. The average Bonchev–Trinajstić information content (AvgIpc) is 1.88. The van der Waals surface area contributed by atoms with Crippen LogP contribution in [0.25, 0.3) is 0 Å². The summed E-state index contributed by atoms with van der Waals surface area (Å²) in [6.45, 7) is 0. The molecule has 0 aromatic heterocycles. The Balaban J connectivity index is 2.49. The van der Waals surface area contributed by atoms with E-state index >= 15 is 0 Å². The predicted molar refractivity (Wildman–Crippen MR) is 34.0 cm³/mol. The van der Waals surface area contributed by atoms with Crippen LogP contribution in [0.4, 0.5) is 0 Å². The molecule has 52 valence electrons. The van der Waals surface area contributed by atoms with Crippen molar-refractivity contribution in [3.63, 3.8) is 0 Å². The highest BCUT2D eigenvalue weighted by atomic mass is 32.2. The molecule has 0 spiro atoms. The minimum Gasteiger partial charge on any atom is -0.351 e. The highest BCUT2D eigenvalue weighted by Gasteiger charge is 2.11. The Labute approximate surface area is 56.3 Å². The molecule has 0 fully saturated rings. The van der Waals surface area contributed by atoms with Crippen molar-refractivity contribution in [2.75, 3.05) is 12.9 Å². The lowest BCUT2D eigenvalue weighted by Crippen LogP contribution is -2.19. The molecule has 1 aliphatic rings. The van der Waals surface area contributed by atoms with E-state index in [4.69, 9.17) is 8.92 Å². The Bertz CT molecular complexity index is 143. The van der Waals surface area contributed by atoms with Crippen molar-refractivity contribution in [1.29, 1.82) is 0 Å². The van der Waals surface area contributed by atoms with Gasteiger partial charge in [-0.1, -0.05) is 6.08 Å². The van der Waals surface area contributed by atoms with Crippen molar-refractivity contribution >= 4 is 11.1 Å². The van der Waals surface area contributed by atoms with Crippen molar-refractivity contribution < 1.29 is 13.1 Å². The lowest BCUT2D eigenvalue weighted by Gasteiger charge is -2.13. The fourth-order valence-electron chi connectivity index (χ4n) is 0.540. The lowest BCUT2D eigenvalue weighted by atomic mass is 10.5. The first kappa shape index (κ1) is 6.92. The van der Waals surface area contributed by atoms with Crippen molar-refractivity contribution in [3.8, 4) is 0 Å². The van der Waals surface area contributed by atoms with E-state index in [9.17, 15) is 4.21 Å². The SMILES string of the molecule is COC1C=CCS(=O)O1. The van der Waals surface area contributed by atoms with Crippen LogP contribution in [0.5, 0.6) is 0 Å². The lowest BCUT2D eigenvalue weighted by molar-refractivity contribution is -0.00800. The first-order chi connectivity index (χ1) is 4.33. The number of hydrogen-bond acceptors (Lipinski definition) is 3. The van der Waals surface area contributed by atoms with Crippen molar-refractivity contribution in [2.45, 2.75) is 6.29 Å². The summed E-state index contributed by atoms with van der Waals surface area (Å²) in [5.74, 6) is 0.472. The van der Waals surface area contributed by atoms with Gasteiger partial charge in [-0.05, 0) is 6.08 Å². The van der Waals surface area contributed by atoms with E-state index in [1.54, 1.807) is 12.2 Å². The summed E-state index contributed by atoms with van der Waals surface area (Å²) >= 11 is -1.18. The van der Waals surface area contributed by atoms with E-state index in [-0.39, 0.29) is 0 Å². The molecular formula is C5H8O3S. The number of methoxy groups -OCH3 is 1. The Morgan fingerprint density at radius 2 is 2.67 bits per heavy atom. The molecule has 0 radical (unpaired) electrons. The molecule has 0 bridgehead atoms. The summed E-state index contributed by atoms with van der Waals surface area (Å²) in [5.41, 5.74) is 0. The zero-order chi connectivity index (χ0) is 6.69. The van der Waals surface area contributed by atoms with Gasteiger partial charge in [-0.15, -0.1) is 0 Å². The largest absolute Gasteiger partial charge is 0.351 e. The van der Waals surface area contributed by atoms with Gasteiger partial charge in [0, 0.05) is 7.11 Å². The number of hydrogen-bond donors (Lipinski definition) is 0. The highest BCUT2D eigenvalue weighted by Crippen LogP contribution is 2.04. The molecule has 0 saturated heterocycles. The van der Waals surface area contributed by atoms with Crippen LogP contribution >= 0.6 is 0 Å². The molecule has 1 aliphatic heterocycles. The van der Waals surface area contributed by atoms with Gasteiger partial charge >= 0.3 is 0 Å². The molecule has 0 aromatic carbocycles. The molecule has 2 unspecified atom stereocenters. The van der Waals surface area contributed by atoms with Gasteiger partial charge < -0.3 is 4.74 Å². The van der Waals surface area contributed by atoms with Crippen LogP contribution in [0.1, 0.15) is 0 Å². The maximum atomic E-state index is 10.6. The second kappa shape index (κ2) is 3.10. The van der Waals surface area contributed by atoms with Gasteiger partial charge in [0.1, 0.15) is 0 Å². The molecular weight excluding hydrogens is 140 g/mol. The maximum absolute atomic E-state index is 10.6. The molecule has 0 saturated carbocycles. The Morgan fingerprint density at radius 1 is 1.89 bits per heavy atom. The third kappa shape index (κ3) is 1.89. The van der Waals surface area contributed by atoms with Gasteiger partial charge in [0.15, 0.2) is 17.4 Å². The van der Waals surface area contributed by atoms with Crippen molar-refractivity contribution in [2.24, 2.45) is 0 Å². The van der Waals surface area contributed by atoms with Gasteiger partial charge in [-0.2, -0.15) is 0 Å². The molecule has 0 aromatic rings. The van der Waals surface area contributed by atoms with E-state index in [0.717, 1.165) is 0 Å². The predicted octanol–water partition coefficient (Wildman–Crippen LogP) is 0.209. The second-order valence-corrected chi connectivity index (χ2v) is 2.73. The van der Waals surface area contributed by atoms with Gasteiger partial charge in [0.25, 0.3) is 0 Å². The van der Waals surface area contributed by atoms with Crippen LogP contribution in [-0.2, 0) is 20.0 Å². The van der Waals surface area contributed by atoms with Crippen molar-refractivity contribution in [3.05, 3.63) is 12.2 Å². The van der Waals surface area contributed by atoms with Crippen LogP contribution in [0.3, 0.4) is 0 Å².